The van der Waals surface area contributed by atoms with Gasteiger partial charge in [-0.1, -0.05) is 181 Å². The number of carbonyl (C=O) groups is 1. The van der Waals surface area contributed by atoms with Crippen LogP contribution in [0, 0.1) is 0 Å². The first kappa shape index (κ1) is 42.8. The Morgan fingerprint density at radius 2 is 0.983 bits per heavy atom. The molecule has 0 aromatic heterocycles. The highest BCUT2D eigenvalue weighted by Crippen LogP contribution is 2.47. The lowest BCUT2D eigenvalue weighted by atomic mass is 9.80. The molecule has 0 radical (unpaired) electrons. The summed E-state index contributed by atoms with van der Waals surface area (Å²) in [4.78, 5) is 16.8. The molecule has 5 aromatic rings. The van der Waals surface area contributed by atoms with Gasteiger partial charge in [-0.2, -0.15) is 0 Å². The van der Waals surface area contributed by atoms with Crippen LogP contribution >= 0.6 is 0 Å². The molecule has 1 aliphatic carbocycles. The van der Waals surface area contributed by atoms with Crippen molar-refractivity contribution >= 4 is 22.7 Å². The molecular weight excluding hydrogens is 763 g/mol. The van der Waals surface area contributed by atoms with Gasteiger partial charge in [0.15, 0.2) is 16.6 Å². The molecule has 310 valence electrons. The predicted molar refractivity (Wildman–Crippen MR) is 245 cm³/mol. The Bertz CT molecular complexity index is 2050. The predicted octanol–water partition coefficient (Wildman–Crippen LogP) is 12.4. The number of benzene rings is 5. The average molecular weight is 826 g/mol. The van der Waals surface area contributed by atoms with E-state index in [9.17, 15) is 4.79 Å². The lowest BCUT2D eigenvalue weighted by Crippen LogP contribution is -2.54. The number of hydrogen-bond donors (Lipinski definition) is 0. The van der Waals surface area contributed by atoms with Gasteiger partial charge in [-0.05, 0) is 75.2 Å². The molecule has 1 heterocycles. The van der Waals surface area contributed by atoms with E-state index in [0.717, 1.165) is 16.7 Å². The van der Waals surface area contributed by atoms with Crippen LogP contribution in [-0.4, -0.2) is 65.6 Å². The van der Waals surface area contributed by atoms with Crippen molar-refractivity contribution in [3.05, 3.63) is 167 Å². The first-order chi connectivity index (χ1) is 27.9. The minimum atomic E-state index is -2.42. The first-order valence-electron chi connectivity index (χ1n) is 21.2. The van der Waals surface area contributed by atoms with E-state index in [-0.39, 0.29) is 41.4 Å². The van der Waals surface area contributed by atoms with Crippen molar-refractivity contribution in [2.45, 2.75) is 108 Å². The van der Waals surface area contributed by atoms with Crippen LogP contribution in [0.5, 0.6) is 0 Å². The van der Waals surface area contributed by atoms with E-state index in [1.807, 2.05) is 23.1 Å². The van der Waals surface area contributed by atoms with Crippen molar-refractivity contribution in [3.8, 4) is 11.1 Å². The van der Waals surface area contributed by atoms with Crippen LogP contribution < -0.4 is 0 Å². The summed E-state index contributed by atoms with van der Waals surface area (Å²) in [5, 5.41) is -0.139. The van der Waals surface area contributed by atoms with Crippen LogP contribution in [0.3, 0.4) is 0 Å². The van der Waals surface area contributed by atoms with Crippen LogP contribution in [0.4, 0.5) is 4.79 Å². The average Bonchev–Trinajstić information content (AvgIpc) is 3.71. The third-order valence-electron chi connectivity index (χ3n) is 13.6. The van der Waals surface area contributed by atoms with E-state index in [2.05, 4.69) is 189 Å². The summed E-state index contributed by atoms with van der Waals surface area (Å²) in [7, 11) is -4.77. The molecule has 0 unspecified atom stereocenters. The van der Waals surface area contributed by atoms with E-state index in [0.29, 0.717) is 6.54 Å². The highest BCUT2D eigenvalue weighted by atomic mass is 28.4. The molecule has 1 fully saturated rings. The fraction of sp³-hybridized carbons (Fsp3) is 0.392. The van der Waals surface area contributed by atoms with Crippen LogP contribution in [0.15, 0.2) is 140 Å². The Morgan fingerprint density at radius 1 is 0.576 bits per heavy atom. The van der Waals surface area contributed by atoms with Crippen molar-refractivity contribution in [1.29, 1.82) is 0 Å². The summed E-state index contributed by atoms with van der Waals surface area (Å²) in [6, 6.07) is 47.6. The van der Waals surface area contributed by atoms with Gasteiger partial charge in [-0.15, -0.1) is 0 Å². The van der Waals surface area contributed by atoms with Gasteiger partial charge in [0.05, 0.1) is 31.4 Å². The van der Waals surface area contributed by atoms with Gasteiger partial charge in [0, 0.05) is 5.92 Å². The molecule has 6 nitrogen and oxygen atoms in total. The number of amides is 1. The van der Waals surface area contributed by atoms with Crippen molar-refractivity contribution in [2.75, 3.05) is 19.8 Å². The SMILES string of the molecule is CC(C)(C)[Si](C)(C)O[C@H]1[C@@H](O[Si](C)(C)C(C)(C)C)CN(C(=O)OCC2c3ccccc3-c3ccccc32)[C@H]1COC(c1ccccc1)(c1ccccc1)c1ccccc1. The van der Waals surface area contributed by atoms with E-state index in [1.165, 1.54) is 22.3 Å². The lowest BCUT2D eigenvalue weighted by Gasteiger charge is -2.44. The Hall–Kier alpha value is -4.32. The maximum atomic E-state index is 14.9. The minimum Gasteiger partial charge on any atom is -0.448 e. The second-order valence-corrected chi connectivity index (χ2v) is 28.9. The van der Waals surface area contributed by atoms with Gasteiger partial charge in [0.2, 0.25) is 0 Å². The summed E-state index contributed by atoms with van der Waals surface area (Å²) in [6.07, 6.45) is -1.21. The number of nitrogens with zero attached hydrogens (tertiary/aromatic N) is 1. The molecule has 1 amide bonds. The molecule has 7 rings (SSSR count). The van der Waals surface area contributed by atoms with E-state index in [4.69, 9.17) is 18.3 Å². The molecule has 1 aliphatic heterocycles. The van der Waals surface area contributed by atoms with E-state index in [1.54, 1.807) is 0 Å². The zero-order valence-corrected chi connectivity index (χ0v) is 38.7. The maximum Gasteiger partial charge on any atom is 0.410 e. The topological polar surface area (TPSA) is 57.2 Å². The smallest absolute Gasteiger partial charge is 0.410 e. The molecule has 59 heavy (non-hydrogen) atoms. The molecule has 1 saturated heterocycles. The number of hydrogen-bond acceptors (Lipinski definition) is 5. The first-order valence-corrected chi connectivity index (χ1v) is 27.0. The standard InChI is InChI=1S/C51H63NO5Si2/c1-49(2,3)58(7,8)56-46-34-52(48(53)54-35-44-42-32-22-20-30-40(42)41-31-21-23-33-43(41)44)45(47(46)57-59(9,10)50(4,5)6)36-55-51(37-24-14-11-15-25-37,38-26-16-12-17-27-38)39-28-18-13-19-29-39/h11-33,44-47H,34-36H2,1-10H3/t45-,46-,47+/m0/s1. The summed E-state index contributed by atoms with van der Waals surface area (Å²) < 4.78 is 28.8. The Labute approximate surface area is 355 Å². The number of likely N-dealkylation sites (tertiary alicyclic amines) is 1. The molecule has 8 heteroatoms. The fourth-order valence-corrected chi connectivity index (χ4v) is 10.9. The zero-order chi connectivity index (χ0) is 42.2. The monoisotopic (exact) mass is 825 g/mol. The van der Waals surface area contributed by atoms with Crippen LogP contribution in [0.2, 0.25) is 36.3 Å². The third kappa shape index (κ3) is 8.40. The van der Waals surface area contributed by atoms with Gasteiger partial charge < -0.3 is 18.3 Å². The molecule has 0 N–H and O–H groups in total. The quantitative estimate of drug-likeness (QED) is 0.0926. The normalized spacial score (nSPS) is 18.7. The molecule has 0 spiro atoms. The molecule has 3 atom stereocenters. The highest BCUT2D eigenvalue weighted by Gasteiger charge is 2.54. The van der Waals surface area contributed by atoms with Gasteiger partial charge in [-0.25, -0.2) is 4.79 Å². The van der Waals surface area contributed by atoms with Crippen molar-refractivity contribution < 1.29 is 23.1 Å². The molecular formula is C51H63NO5Si2. The summed E-state index contributed by atoms with van der Waals surface area (Å²) in [5.74, 6) is -0.0656. The van der Waals surface area contributed by atoms with Gasteiger partial charge >= 0.3 is 6.09 Å². The van der Waals surface area contributed by atoms with E-state index < -0.39 is 34.4 Å². The zero-order valence-electron chi connectivity index (χ0n) is 36.7. The molecule has 0 bridgehead atoms. The largest absolute Gasteiger partial charge is 0.448 e. The number of rotatable bonds is 12. The molecule has 5 aromatic carbocycles. The van der Waals surface area contributed by atoms with Crippen molar-refractivity contribution in [1.82, 2.24) is 4.90 Å². The van der Waals surface area contributed by atoms with E-state index >= 15 is 0 Å². The van der Waals surface area contributed by atoms with Gasteiger partial charge in [-0.3, -0.25) is 4.90 Å². The second kappa shape index (κ2) is 16.6. The number of carbonyl (C=O) groups excluding carboxylic acids is 1. The molecule has 0 saturated carbocycles. The van der Waals surface area contributed by atoms with Crippen molar-refractivity contribution in [2.24, 2.45) is 0 Å². The highest BCUT2D eigenvalue weighted by molar-refractivity contribution is 6.74. The van der Waals surface area contributed by atoms with Crippen LogP contribution in [-0.2, 0) is 23.9 Å². The van der Waals surface area contributed by atoms with Gasteiger partial charge in [0.1, 0.15) is 12.2 Å². The number of fused-ring (bicyclic) bond motifs is 3. The Balaban J connectivity index is 1.31. The fourth-order valence-electron chi connectivity index (χ4n) is 8.24. The van der Waals surface area contributed by atoms with Crippen LogP contribution in [0.25, 0.3) is 11.1 Å². The maximum absolute atomic E-state index is 14.9. The summed E-state index contributed by atoms with van der Waals surface area (Å²) >= 11 is 0. The van der Waals surface area contributed by atoms with Crippen LogP contribution in [0.1, 0.15) is 75.3 Å². The van der Waals surface area contributed by atoms with Crippen molar-refractivity contribution in [3.63, 3.8) is 0 Å². The summed E-state index contributed by atoms with van der Waals surface area (Å²) in [5.41, 5.74) is 6.76. The lowest BCUT2D eigenvalue weighted by molar-refractivity contribution is -0.0399. The molecule has 2 aliphatic rings. The van der Waals surface area contributed by atoms with Gasteiger partial charge in [0.25, 0.3) is 0 Å². The second-order valence-electron chi connectivity index (χ2n) is 19.4. The number of ether oxygens (including phenoxy) is 2. The Morgan fingerprint density at radius 3 is 1.42 bits per heavy atom. The minimum absolute atomic E-state index is 0.0548. The third-order valence-corrected chi connectivity index (χ3v) is 22.6. The Kier molecular flexibility index (Phi) is 12.1. The summed E-state index contributed by atoms with van der Waals surface area (Å²) in [6.45, 7) is 23.4.